The van der Waals surface area contributed by atoms with Crippen LogP contribution in [0.1, 0.15) is 10.4 Å². The molecule has 1 heterocycles. The molecule has 2 rings (SSSR count). The van der Waals surface area contributed by atoms with E-state index < -0.39 is 0 Å². The Bertz CT molecular complexity index is 516. The lowest BCUT2D eigenvalue weighted by Crippen LogP contribution is -2.31. The van der Waals surface area contributed by atoms with E-state index in [2.05, 4.69) is 11.6 Å². The highest BCUT2D eigenvalue weighted by molar-refractivity contribution is 6.34. The minimum absolute atomic E-state index is 0.111. The molecule has 0 N–H and O–H groups in total. The van der Waals surface area contributed by atoms with Crippen LogP contribution in [0, 0.1) is 0 Å². The molecule has 0 radical (unpaired) electrons. The Morgan fingerprint density at radius 2 is 2.15 bits per heavy atom. The van der Waals surface area contributed by atoms with E-state index in [4.69, 9.17) is 11.6 Å². The second-order valence-electron chi connectivity index (χ2n) is 2.74. The van der Waals surface area contributed by atoms with Crippen LogP contribution in [0.4, 0.5) is 0 Å². The number of carbonyl (C=O) groups is 1. The van der Waals surface area contributed by atoms with Gasteiger partial charge in [-0.25, -0.2) is 0 Å². The summed E-state index contributed by atoms with van der Waals surface area (Å²) in [7, 11) is 0. The van der Waals surface area contributed by atoms with Crippen LogP contribution in [-0.4, -0.2) is 5.78 Å². The van der Waals surface area contributed by atoms with Gasteiger partial charge in [-0.15, -0.1) is 0 Å². The van der Waals surface area contributed by atoms with Crippen molar-refractivity contribution in [2.24, 2.45) is 4.99 Å². The smallest absolute Gasteiger partial charge is 0.191 e. The van der Waals surface area contributed by atoms with Crippen LogP contribution in [0.3, 0.4) is 0 Å². The topological polar surface area (TPSA) is 29.4 Å². The molecule has 0 aliphatic carbocycles. The first-order valence-corrected chi connectivity index (χ1v) is 4.14. The molecule has 1 aromatic rings. The molecule has 13 heavy (non-hydrogen) atoms. The van der Waals surface area contributed by atoms with Gasteiger partial charge in [-0.1, -0.05) is 24.2 Å². The number of fused-ring (bicyclic) bond motifs is 1. The third kappa shape index (κ3) is 1.19. The number of benzene rings is 1. The molecule has 1 aromatic carbocycles. The summed E-state index contributed by atoms with van der Waals surface area (Å²) in [4.78, 5) is 15.5. The second kappa shape index (κ2) is 2.82. The summed E-state index contributed by atoms with van der Waals surface area (Å²) in [5.41, 5.74) is 0.455. The molecule has 3 heteroatoms. The van der Waals surface area contributed by atoms with Gasteiger partial charge in [0, 0.05) is 12.3 Å². The maximum Gasteiger partial charge on any atom is 0.191 e. The van der Waals surface area contributed by atoms with Crippen LogP contribution in [0.5, 0.6) is 0 Å². The van der Waals surface area contributed by atoms with Crippen molar-refractivity contribution in [1.29, 1.82) is 0 Å². The fourth-order valence-corrected chi connectivity index (χ4v) is 1.50. The Morgan fingerprint density at radius 3 is 2.85 bits per heavy atom. The van der Waals surface area contributed by atoms with Crippen molar-refractivity contribution >= 4 is 24.0 Å². The van der Waals surface area contributed by atoms with E-state index in [-0.39, 0.29) is 5.78 Å². The van der Waals surface area contributed by atoms with Crippen LogP contribution < -0.4 is 10.6 Å². The number of nitrogens with zero attached hydrogens (tertiary/aromatic N) is 1. The Kier molecular flexibility index (Phi) is 1.78. The predicted molar refractivity (Wildman–Crippen MR) is 51.2 cm³/mol. The zero-order valence-corrected chi connectivity index (χ0v) is 7.51. The molecule has 64 valence electrons. The number of halogens is 1. The summed E-state index contributed by atoms with van der Waals surface area (Å²) in [5, 5.41) is 1.73. The van der Waals surface area contributed by atoms with Crippen LogP contribution in [0.2, 0.25) is 5.02 Å². The highest BCUT2D eigenvalue weighted by atomic mass is 35.5. The lowest BCUT2D eigenvalue weighted by Gasteiger charge is -2.03. The summed E-state index contributed by atoms with van der Waals surface area (Å²) in [6, 6.07) is 3.41. The fourth-order valence-electron chi connectivity index (χ4n) is 1.25. The van der Waals surface area contributed by atoms with E-state index >= 15 is 0 Å². The molecule has 0 saturated carbocycles. The largest absolute Gasteiger partial charge is 0.289 e. The lowest BCUT2D eigenvalue weighted by molar-refractivity contribution is 0.104. The summed E-state index contributed by atoms with van der Waals surface area (Å²) < 4.78 is 0. The van der Waals surface area contributed by atoms with Crippen LogP contribution in [0.15, 0.2) is 29.4 Å². The van der Waals surface area contributed by atoms with E-state index in [0.29, 0.717) is 15.9 Å². The minimum atomic E-state index is -0.111. The van der Waals surface area contributed by atoms with Crippen molar-refractivity contribution in [1.82, 2.24) is 0 Å². The summed E-state index contributed by atoms with van der Waals surface area (Å²) in [6.07, 6.45) is 2.86. The molecule has 0 bridgehead atoms. The zero-order valence-electron chi connectivity index (χ0n) is 6.75. The van der Waals surface area contributed by atoms with Crippen molar-refractivity contribution in [2.75, 3.05) is 0 Å². The third-order valence-corrected chi connectivity index (χ3v) is 2.20. The van der Waals surface area contributed by atoms with Crippen molar-refractivity contribution in [3.8, 4) is 0 Å². The Labute approximate surface area is 79.9 Å². The van der Waals surface area contributed by atoms with E-state index in [1.807, 2.05) is 0 Å². The fraction of sp³-hybridized carbons (Fsp3) is 0. The first kappa shape index (κ1) is 8.20. The van der Waals surface area contributed by atoms with E-state index in [1.165, 1.54) is 12.3 Å². The van der Waals surface area contributed by atoms with Crippen LogP contribution >= 0.6 is 11.6 Å². The van der Waals surface area contributed by atoms with Gasteiger partial charge >= 0.3 is 0 Å². The van der Waals surface area contributed by atoms with Crippen molar-refractivity contribution in [3.63, 3.8) is 0 Å². The number of carbonyl (C=O) groups excluding carboxylic acids is 1. The first-order valence-electron chi connectivity index (χ1n) is 3.76. The molecular weight excluding hydrogens is 186 g/mol. The highest BCUT2D eigenvalue weighted by Gasteiger charge is 2.12. The monoisotopic (exact) mass is 191 g/mol. The maximum atomic E-state index is 11.4. The van der Waals surface area contributed by atoms with Gasteiger partial charge in [0.05, 0.1) is 15.9 Å². The summed E-state index contributed by atoms with van der Waals surface area (Å²) >= 11 is 5.87. The number of ketones is 1. The molecule has 0 fully saturated rings. The number of rotatable bonds is 0. The maximum absolute atomic E-state index is 11.4. The number of hydrogen-bond acceptors (Lipinski definition) is 2. The van der Waals surface area contributed by atoms with Gasteiger partial charge < -0.3 is 0 Å². The van der Waals surface area contributed by atoms with E-state index in [9.17, 15) is 4.79 Å². The Hall–Kier alpha value is -1.41. The van der Waals surface area contributed by atoms with Gasteiger partial charge in [0.15, 0.2) is 5.78 Å². The zero-order chi connectivity index (χ0) is 9.42. The normalized spacial score (nSPS) is 13.8. The van der Waals surface area contributed by atoms with Crippen molar-refractivity contribution < 1.29 is 4.79 Å². The number of hydrogen-bond donors (Lipinski definition) is 0. The molecule has 0 aromatic heterocycles. The van der Waals surface area contributed by atoms with Crippen LogP contribution in [-0.2, 0) is 0 Å². The average molecular weight is 192 g/mol. The predicted octanol–water partition coefficient (Wildman–Crippen LogP) is 1.08. The third-order valence-electron chi connectivity index (χ3n) is 1.89. The quantitative estimate of drug-likeness (QED) is 0.604. The van der Waals surface area contributed by atoms with Gasteiger partial charge in [-0.3, -0.25) is 9.79 Å². The average Bonchev–Trinajstić information content (AvgIpc) is 2.12. The highest BCUT2D eigenvalue weighted by Crippen LogP contribution is 2.12. The summed E-state index contributed by atoms with van der Waals surface area (Å²) in [6.45, 7) is 3.77. The first-order chi connectivity index (χ1) is 6.20. The van der Waals surface area contributed by atoms with Crippen molar-refractivity contribution in [3.05, 3.63) is 45.6 Å². The van der Waals surface area contributed by atoms with E-state index in [0.717, 1.165) is 5.22 Å². The molecule has 1 aliphatic rings. The van der Waals surface area contributed by atoms with Gasteiger partial charge in [0.2, 0.25) is 0 Å². The molecule has 0 amide bonds. The standard InChI is InChI=1S/C10H6ClNO/c1-6-2-3-7(11)9-8(13)4-5-12-10(6)9/h2-5H,1H2. The molecule has 0 unspecified atom stereocenters. The molecule has 0 saturated heterocycles. The van der Waals surface area contributed by atoms with E-state index in [1.54, 1.807) is 12.1 Å². The molecule has 0 atom stereocenters. The minimum Gasteiger partial charge on any atom is -0.289 e. The lowest BCUT2D eigenvalue weighted by atomic mass is 10.1. The second-order valence-corrected chi connectivity index (χ2v) is 3.15. The molecule has 2 nitrogen and oxygen atoms in total. The van der Waals surface area contributed by atoms with Gasteiger partial charge in [0.1, 0.15) is 0 Å². The SMILES string of the molecule is C=c1ccc(Cl)c2c1=NC=CC2=O. The van der Waals surface area contributed by atoms with Gasteiger partial charge in [-0.2, -0.15) is 0 Å². The van der Waals surface area contributed by atoms with Gasteiger partial charge in [0.25, 0.3) is 0 Å². The van der Waals surface area contributed by atoms with Gasteiger partial charge in [-0.05, 0) is 11.3 Å². The molecule has 0 spiro atoms. The molecule has 1 aliphatic heterocycles. The Balaban J connectivity index is 2.98. The van der Waals surface area contributed by atoms with Crippen LogP contribution in [0.25, 0.3) is 6.58 Å². The summed E-state index contributed by atoms with van der Waals surface area (Å²) in [5.74, 6) is -0.111. The molecular formula is C10H6ClNO. The van der Waals surface area contributed by atoms with Crippen molar-refractivity contribution in [2.45, 2.75) is 0 Å². The Morgan fingerprint density at radius 1 is 1.38 bits per heavy atom. The number of allylic oxidation sites excluding steroid dienone is 1.